The van der Waals surface area contributed by atoms with Crippen molar-refractivity contribution in [3.63, 3.8) is 0 Å². The second-order valence-corrected chi connectivity index (χ2v) is 2.82. The van der Waals surface area contributed by atoms with E-state index < -0.39 is 0 Å². The van der Waals surface area contributed by atoms with E-state index in [1.54, 1.807) is 18.3 Å². The quantitative estimate of drug-likeness (QED) is 0.429. The summed E-state index contributed by atoms with van der Waals surface area (Å²) in [7, 11) is 0. The number of hydrogen-bond donors (Lipinski definition) is 1. The molecule has 0 saturated carbocycles. The second kappa shape index (κ2) is 6.43. The Balaban J connectivity index is 2.60. The molecule has 0 heterocycles. The summed E-state index contributed by atoms with van der Waals surface area (Å²) in [6.45, 7) is 1.96. The maximum absolute atomic E-state index is 6.80. The highest BCUT2D eigenvalue weighted by atomic mass is 15.0. The van der Waals surface area contributed by atoms with Gasteiger partial charge >= 0.3 is 0 Å². The molecule has 0 radical (unpaired) electrons. The minimum atomic E-state index is 0.637. The smallest absolute Gasteiger partial charge is 0.0851 e. The van der Waals surface area contributed by atoms with E-state index >= 15 is 0 Å². The highest BCUT2D eigenvalue weighted by Gasteiger charge is 1.88. The number of nitrogens with one attached hydrogen (secondary N) is 1. The molecule has 0 bridgehead atoms. The summed E-state index contributed by atoms with van der Waals surface area (Å²) in [5.41, 5.74) is 8.29. The average Bonchev–Trinajstić information content (AvgIpc) is 2.30. The zero-order valence-electron chi connectivity index (χ0n) is 8.59. The van der Waals surface area contributed by atoms with Crippen molar-refractivity contribution >= 4 is 17.6 Å². The molecule has 0 atom stereocenters. The molecule has 0 amide bonds. The molecule has 0 aliphatic heterocycles. The van der Waals surface area contributed by atoms with Crippen molar-refractivity contribution in [1.82, 2.24) is 0 Å². The molecule has 0 aliphatic carbocycles. The number of benzene rings is 1. The van der Waals surface area contributed by atoms with Crippen molar-refractivity contribution in [2.24, 2.45) is 10.1 Å². The lowest BCUT2D eigenvalue weighted by molar-refractivity contribution is 1.15. The average molecular weight is 199 g/mol. The van der Waals surface area contributed by atoms with Crippen molar-refractivity contribution < 1.29 is 0 Å². The summed E-state index contributed by atoms with van der Waals surface area (Å²) < 4.78 is 0. The van der Waals surface area contributed by atoms with Gasteiger partial charge in [-0.15, -0.1) is 0 Å². The normalized spacial score (nSPS) is 11.8. The molecule has 1 aromatic carbocycles. The number of hydrogen-bond acceptors (Lipinski definition) is 3. The summed E-state index contributed by atoms with van der Waals surface area (Å²) in [5, 5.41) is 3.31. The first-order valence-corrected chi connectivity index (χ1v) is 4.66. The van der Waals surface area contributed by atoms with E-state index in [1.807, 2.05) is 43.4 Å². The lowest BCUT2D eigenvalue weighted by Gasteiger charge is -1.92. The SMILES string of the molecule is C\C=C/C=C\C=N\c1ccc(N=N)cc1. The van der Waals surface area contributed by atoms with Crippen molar-refractivity contribution in [2.75, 3.05) is 0 Å². The molecular formula is C12H13N3. The van der Waals surface area contributed by atoms with E-state index in [9.17, 15) is 0 Å². The van der Waals surface area contributed by atoms with Gasteiger partial charge in [0.15, 0.2) is 0 Å². The van der Waals surface area contributed by atoms with Crippen molar-refractivity contribution in [1.29, 1.82) is 5.53 Å². The monoisotopic (exact) mass is 199 g/mol. The number of allylic oxidation sites excluding steroid dienone is 4. The molecule has 0 saturated heterocycles. The van der Waals surface area contributed by atoms with Crippen LogP contribution in [0.1, 0.15) is 6.92 Å². The van der Waals surface area contributed by atoms with Crippen LogP contribution in [-0.2, 0) is 0 Å². The van der Waals surface area contributed by atoms with Crippen LogP contribution in [-0.4, -0.2) is 6.21 Å². The summed E-state index contributed by atoms with van der Waals surface area (Å²) in [4.78, 5) is 4.20. The first-order chi connectivity index (χ1) is 7.36. The third kappa shape index (κ3) is 4.13. The predicted molar refractivity (Wildman–Crippen MR) is 63.4 cm³/mol. The molecule has 0 aliphatic rings. The Bertz CT molecular complexity index is 386. The summed E-state index contributed by atoms with van der Waals surface area (Å²) in [5.74, 6) is 0. The third-order valence-electron chi connectivity index (χ3n) is 1.70. The van der Waals surface area contributed by atoms with Crippen LogP contribution in [0.25, 0.3) is 0 Å². The molecule has 76 valence electrons. The van der Waals surface area contributed by atoms with Gasteiger partial charge in [-0.05, 0) is 37.3 Å². The van der Waals surface area contributed by atoms with Gasteiger partial charge in [-0.2, -0.15) is 5.11 Å². The highest BCUT2D eigenvalue weighted by molar-refractivity contribution is 5.74. The zero-order chi connectivity index (χ0) is 10.9. The van der Waals surface area contributed by atoms with E-state index in [1.165, 1.54) is 0 Å². The number of nitrogens with zero attached hydrogens (tertiary/aromatic N) is 2. The summed E-state index contributed by atoms with van der Waals surface area (Å²) in [6, 6.07) is 7.17. The van der Waals surface area contributed by atoms with E-state index in [2.05, 4.69) is 10.1 Å². The molecule has 0 fully saturated rings. The minimum Gasteiger partial charge on any atom is -0.257 e. The lowest BCUT2D eigenvalue weighted by Crippen LogP contribution is -1.66. The van der Waals surface area contributed by atoms with E-state index in [-0.39, 0.29) is 0 Å². The zero-order valence-corrected chi connectivity index (χ0v) is 8.59. The van der Waals surface area contributed by atoms with Gasteiger partial charge in [-0.3, -0.25) is 4.99 Å². The molecule has 15 heavy (non-hydrogen) atoms. The molecule has 1 rings (SSSR count). The van der Waals surface area contributed by atoms with Crippen molar-refractivity contribution in [2.45, 2.75) is 6.92 Å². The van der Waals surface area contributed by atoms with Crippen LogP contribution in [0.4, 0.5) is 11.4 Å². The molecule has 1 aromatic rings. The Morgan fingerprint density at radius 2 is 1.67 bits per heavy atom. The fourth-order valence-corrected chi connectivity index (χ4v) is 0.967. The van der Waals surface area contributed by atoms with Crippen LogP contribution in [0, 0.1) is 5.53 Å². The van der Waals surface area contributed by atoms with Crippen LogP contribution in [0.3, 0.4) is 0 Å². The number of aliphatic imine (C=N–C) groups is 1. The highest BCUT2D eigenvalue weighted by Crippen LogP contribution is 2.17. The maximum Gasteiger partial charge on any atom is 0.0851 e. The van der Waals surface area contributed by atoms with Gasteiger partial charge in [0.05, 0.1) is 11.4 Å². The van der Waals surface area contributed by atoms with Gasteiger partial charge in [0.2, 0.25) is 0 Å². The Labute approximate surface area is 89.4 Å². The van der Waals surface area contributed by atoms with Crippen LogP contribution in [0.15, 0.2) is 58.7 Å². The molecule has 0 spiro atoms. The minimum absolute atomic E-state index is 0.637. The van der Waals surface area contributed by atoms with Gasteiger partial charge in [0.1, 0.15) is 0 Å². The fraction of sp³-hybridized carbons (Fsp3) is 0.0833. The number of rotatable bonds is 4. The molecule has 3 heteroatoms. The molecule has 1 N–H and O–H groups in total. The Hall–Kier alpha value is -2.03. The predicted octanol–water partition coefficient (Wildman–Crippen LogP) is 4.18. The first-order valence-electron chi connectivity index (χ1n) is 4.66. The molecular weight excluding hydrogens is 186 g/mol. The topological polar surface area (TPSA) is 48.6 Å². The van der Waals surface area contributed by atoms with Gasteiger partial charge in [-0.25, -0.2) is 5.53 Å². The molecule has 0 unspecified atom stereocenters. The maximum atomic E-state index is 6.80. The van der Waals surface area contributed by atoms with Gasteiger partial charge in [-0.1, -0.05) is 18.2 Å². The van der Waals surface area contributed by atoms with Gasteiger partial charge in [0, 0.05) is 6.21 Å². The third-order valence-corrected chi connectivity index (χ3v) is 1.70. The molecule has 3 nitrogen and oxygen atoms in total. The lowest BCUT2D eigenvalue weighted by atomic mass is 10.3. The van der Waals surface area contributed by atoms with Crippen LogP contribution in [0.5, 0.6) is 0 Å². The fourth-order valence-electron chi connectivity index (χ4n) is 0.967. The van der Waals surface area contributed by atoms with Crippen LogP contribution in [0.2, 0.25) is 0 Å². The standard InChI is InChI=1S/C12H13N3/c1-2-3-4-5-10-14-11-6-8-12(15-13)9-7-11/h2-10,13H,1H3/b3-2-,5-4-,14-10+,15-13?. The first kappa shape index (κ1) is 11.0. The second-order valence-electron chi connectivity index (χ2n) is 2.82. The van der Waals surface area contributed by atoms with Gasteiger partial charge < -0.3 is 0 Å². The Morgan fingerprint density at radius 3 is 2.27 bits per heavy atom. The Morgan fingerprint density at radius 1 is 1.00 bits per heavy atom. The van der Waals surface area contributed by atoms with E-state index in [0.717, 1.165) is 5.69 Å². The van der Waals surface area contributed by atoms with Gasteiger partial charge in [0.25, 0.3) is 0 Å². The van der Waals surface area contributed by atoms with E-state index in [0.29, 0.717) is 5.69 Å². The van der Waals surface area contributed by atoms with Crippen LogP contribution >= 0.6 is 0 Å². The van der Waals surface area contributed by atoms with Crippen LogP contribution < -0.4 is 0 Å². The summed E-state index contributed by atoms with van der Waals surface area (Å²) in [6.07, 6.45) is 9.40. The summed E-state index contributed by atoms with van der Waals surface area (Å²) >= 11 is 0. The molecule has 0 aromatic heterocycles. The largest absolute Gasteiger partial charge is 0.257 e. The van der Waals surface area contributed by atoms with Crippen molar-refractivity contribution in [3.05, 3.63) is 48.6 Å². The van der Waals surface area contributed by atoms with Crippen molar-refractivity contribution in [3.8, 4) is 0 Å². The van der Waals surface area contributed by atoms with E-state index in [4.69, 9.17) is 5.53 Å². The Kier molecular flexibility index (Phi) is 4.73.